The van der Waals surface area contributed by atoms with Crippen LogP contribution >= 0.6 is 0 Å². The third kappa shape index (κ3) is 3.86. The van der Waals surface area contributed by atoms with Gasteiger partial charge in [-0.25, -0.2) is 9.97 Å². The summed E-state index contributed by atoms with van der Waals surface area (Å²) in [6, 6.07) is 2.58. The Morgan fingerprint density at radius 2 is 2.11 bits per heavy atom. The van der Waals surface area contributed by atoms with E-state index < -0.39 is 0 Å². The summed E-state index contributed by atoms with van der Waals surface area (Å²) in [5.74, 6) is 2.69. The maximum atomic E-state index is 4.30. The Kier molecular flexibility index (Phi) is 4.79. The zero-order chi connectivity index (χ0) is 12.8. The van der Waals surface area contributed by atoms with Crippen molar-refractivity contribution in [3.05, 3.63) is 12.4 Å². The SMILES string of the molecule is CCCNc1cc(NC2CCCC(C)C2)ncn1. The summed E-state index contributed by atoms with van der Waals surface area (Å²) in [6.07, 6.45) is 7.93. The topological polar surface area (TPSA) is 49.8 Å². The highest BCUT2D eigenvalue weighted by Crippen LogP contribution is 2.25. The van der Waals surface area contributed by atoms with Gasteiger partial charge in [-0.3, -0.25) is 0 Å². The summed E-state index contributed by atoms with van der Waals surface area (Å²) in [6.45, 7) is 5.44. The maximum absolute atomic E-state index is 4.30. The van der Waals surface area contributed by atoms with E-state index in [0.29, 0.717) is 6.04 Å². The Bertz CT molecular complexity index is 367. The zero-order valence-corrected chi connectivity index (χ0v) is 11.4. The van der Waals surface area contributed by atoms with E-state index in [4.69, 9.17) is 0 Å². The van der Waals surface area contributed by atoms with Gasteiger partial charge in [0.2, 0.25) is 0 Å². The molecule has 0 aromatic carbocycles. The average molecular weight is 248 g/mol. The lowest BCUT2D eigenvalue weighted by Gasteiger charge is -2.27. The molecule has 0 bridgehead atoms. The van der Waals surface area contributed by atoms with Crippen LogP contribution in [-0.2, 0) is 0 Å². The number of hydrogen-bond donors (Lipinski definition) is 2. The van der Waals surface area contributed by atoms with Crippen molar-refractivity contribution < 1.29 is 0 Å². The molecule has 0 amide bonds. The van der Waals surface area contributed by atoms with Crippen LogP contribution < -0.4 is 10.6 Å². The van der Waals surface area contributed by atoms with Crippen molar-refractivity contribution >= 4 is 11.6 Å². The lowest BCUT2D eigenvalue weighted by molar-refractivity contribution is 0.358. The van der Waals surface area contributed by atoms with Crippen LogP contribution in [0.15, 0.2) is 12.4 Å². The minimum absolute atomic E-state index is 0.572. The van der Waals surface area contributed by atoms with Gasteiger partial charge in [-0.05, 0) is 25.2 Å². The average Bonchev–Trinajstić information content (AvgIpc) is 2.37. The molecule has 100 valence electrons. The molecule has 0 aliphatic heterocycles. The van der Waals surface area contributed by atoms with Gasteiger partial charge in [0.1, 0.15) is 18.0 Å². The van der Waals surface area contributed by atoms with Crippen LogP contribution in [0.3, 0.4) is 0 Å². The molecule has 1 saturated carbocycles. The van der Waals surface area contributed by atoms with E-state index in [1.54, 1.807) is 6.33 Å². The summed E-state index contributed by atoms with van der Waals surface area (Å²) in [4.78, 5) is 8.53. The van der Waals surface area contributed by atoms with Crippen LogP contribution in [0.4, 0.5) is 11.6 Å². The second-order valence-electron chi connectivity index (χ2n) is 5.33. The summed E-state index contributed by atoms with van der Waals surface area (Å²) >= 11 is 0. The first-order valence-electron chi connectivity index (χ1n) is 7.10. The van der Waals surface area contributed by atoms with Crippen molar-refractivity contribution in [2.75, 3.05) is 17.2 Å². The van der Waals surface area contributed by atoms with Crippen LogP contribution in [-0.4, -0.2) is 22.6 Å². The zero-order valence-electron chi connectivity index (χ0n) is 11.4. The Balaban J connectivity index is 1.91. The fourth-order valence-electron chi connectivity index (χ4n) is 2.56. The number of rotatable bonds is 5. The third-order valence-electron chi connectivity index (χ3n) is 3.51. The molecule has 1 aliphatic carbocycles. The molecule has 18 heavy (non-hydrogen) atoms. The van der Waals surface area contributed by atoms with E-state index in [-0.39, 0.29) is 0 Å². The van der Waals surface area contributed by atoms with Crippen LogP contribution in [0.25, 0.3) is 0 Å². The van der Waals surface area contributed by atoms with Gasteiger partial charge in [0.05, 0.1) is 0 Å². The largest absolute Gasteiger partial charge is 0.370 e. The monoisotopic (exact) mass is 248 g/mol. The molecule has 0 spiro atoms. The molecule has 2 N–H and O–H groups in total. The molecule has 1 aliphatic rings. The second-order valence-corrected chi connectivity index (χ2v) is 5.33. The predicted molar refractivity (Wildman–Crippen MR) is 75.9 cm³/mol. The van der Waals surface area contributed by atoms with Crippen molar-refractivity contribution in [2.45, 2.75) is 52.0 Å². The Morgan fingerprint density at radius 1 is 1.28 bits per heavy atom. The molecule has 1 heterocycles. The molecule has 1 aromatic rings. The smallest absolute Gasteiger partial charge is 0.131 e. The fraction of sp³-hybridized carbons (Fsp3) is 0.714. The number of aromatic nitrogens is 2. The number of anilines is 2. The van der Waals surface area contributed by atoms with Gasteiger partial charge in [0, 0.05) is 18.7 Å². The Hall–Kier alpha value is -1.32. The molecule has 0 saturated heterocycles. The van der Waals surface area contributed by atoms with Crippen LogP contribution in [0, 0.1) is 5.92 Å². The first-order chi connectivity index (χ1) is 8.78. The van der Waals surface area contributed by atoms with E-state index in [0.717, 1.165) is 30.5 Å². The van der Waals surface area contributed by atoms with Gasteiger partial charge < -0.3 is 10.6 Å². The van der Waals surface area contributed by atoms with Gasteiger partial charge in [-0.15, -0.1) is 0 Å². The fourth-order valence-corrected chi connectivity index (χ4v) is 2.56. The lowest BCUT2D eigenvalue weighted by atomic mass is 9.87. The van der Waals surface area contributed by atoms with Crippen molar-refractivity contribution in [2.24, 2.45) is 5.92 Å². The molecular formula is C14H24N4. The first-order valence-corrected chi connectivity index (χ1v) is 7.10. The molecule has 4 nitrogen and oxygen atoms in total. The second kappa shape index (κ2) is 6.57. The van der Waals surface area contributed by atoms with E-state index in [2.05, 4.69) is 34.4 Å². The molecule has 1 fully saturated rings. The van der Waals surface area contributed by atoms with E-state index in [9.17, 15) is 0 Å². The summed E-state index contributed by atoms with van der Waals surface area (Å²) in [5.41, 5.74) is 0. The minimum Gasteiger partial charge on any atom is -0.370 e. The first kappa shape index (κ1) is 13.1. The van der Waals surface area contributed by atoms with Crippen LogP contribution in [0.5, 0.6) is 0 Å². The van der Waals surface area contributed by atoms with Crippen LogP contribution in [0.2, 0.25) is 0 Å². The quantitative estimate of drug-likeness (QED) is 0.839. The van der Waals surface area contributed by atoms with Crippen molar-refractivity contribution in [1.29, 1.82) is 0 Å². The molecular weight excluding hydrogens is 224 g/mol. The van der Waals surface area contributed by atoms with Crippen molar-refractivity contribution in [1.82, 2.24) is 9.97 Å². The number of nitrogens with one attached hydrogen (secondary N) is 2. The summed E-state index contributed by atoms with van der Waals surface area (Å²) in [7, 11) is 0. The predicted octanol–water partition coefficient (Wildman–Crippen LogP) is 3.29. The molecule has 2 unspecified atom stereocenters. The maximum Gasteiger partial charge on any atom is 0.131 e. The highest BCUT2D eigenvalue weighted by molar-refractivity contribution is 5.46. The lowest BCUT2D eigenvalue weighted by Crippen LogP contribution is -2.26. The molecule has 1 aromatic heterocycles. The van der Waals surface area contributed by atoms with E-state index in [1.165, 1.54) is 25.7 Å². The Labute approximate surface area is 110 Å². The summed E-state index contributed by atoms with van der Waals surface area (Å²) in [5, 5.41) is 6.83. The van der Waals surface area contributed by atoms with Gasteiger partial charge in [0.25, 0.3) is 0 Å². The van der Waals surface area contributed by atoms with E-state index in [1.807, 2.05) is 6.07 Å². The molecule has 2 rings (SSSR count). The third-order valence-corrected chi connectivity index (χ3v) is 3.51. The van der Waals surface area contributed by atoms with Gasteiger partial charge in [-0.1, -0.05) is 26.7 Å². The van der Waals surface area contributed by atoms with Gasteiger partial charge in [0.15, 0.2) is 0 Å². The van der Waals surface area contributed by atoms with Gasteiger partial charge in [-0.2, -0.15) is 0 Å². The van der Waals surface area contributed by atoms with Gasteiger partial charge >= 0.3 is 0 Å². The number of hydrogen-bond acceptors (Lipinski definition) is 4. The van der Waals surface area contributed by atoms with Crippen molar-refractivity contribution in [3.8, 4) is 0 Å². The molecule has 2 atom stereocenters. The Morgan fingerprint density at radius 3 is 2.89 bits per heavy atom. The molecule has 4 heteroatoms. The highest BCUT2D eigenvalue weighted by atomic mass is 15.1. The standard InChI is InChI=1S/C14H24N4/c1-3-7-15-13-9-14(17-10-16-13)18-12-6-4-5-11(2)8-12/h9-12H,3-8H2,1-2H3,(H2,15,16,17,18). The molecule has 0 radical (unpaired) electrons. The van der Waals surface area contributed by atoms with Crippen LogP contribution in [0.1, 0.15) is 46.0 Å². The van der Waals surface area contributed by atoms with E-state index >= 15 is 0 Å². The minimum atomic E-state index is 0.572. The highest BCUT2D eigenvalue weighted by Gasteiger charge is 2.18. The normalized spacial score (nSPS) is 23.7. The summed E-state index contributed by atoms with van der Waals surface area (Å²) < 4.78 is 0. The number of nitrogens with zero attached hydrogens (tertiary/aromatic N) is 2. The van der Waals surface area contributed by atoms with Crippen molar-refractivity contribution in [3.63, 3.8) is 0 Å².